The summed E-state index contributed by atoms with van der Waals surface area (Å²) in [4.78, 5) is 22.2. The Kier molecular flexibility index (Phi) is 5.17. The summed E-state index contributed by atoms with van der Waals surface area (Å²) in [5, 5.41) is 11.2. The lowest BCUT2D eigenvalue weighted by Crippen LogP contribution is -2.39. The van der Waals surface area contributed by atoms with Gasteiger partial charge in [0.15, 0.2) is 6.10 Å². The minimum absolute atomic E-state index is 0.0939. The molecule has 0 saturated carbocycles. The first-order chi connectivity index (χ1) is 8.50. The van der Waals surface area contributed by atoms with Crippen molar-refractivity contribution in [2.45, 2.75) is 20.0 Å². The number of hydrogen-bond donors (Lipinski definition) is 2. The predicted molar refractivity (Wildman–Crippen MR) is 66.3 cm³/mol. The van der Waals surface area contributed by atoms with Crippen molar-refractivity contribution in [3.8, 4) is 5.75 Å². The van der Waals surface area contributed by atoms with Crippen LogP contribution in [-0.2, 0) is 9.59 Å². The van der Waals surface area contributed by atoms with Gasteiger partial charge in [-0.1, -0.05) is 25.1 Å². The van der Waals surface area contributed by atoms with Gasteiger partial charge in [0.1, 0.15) is 5.75 Å². The van der Waals surface area contributed by atoms with Crippen LogP contribution in [0.25, 0.3) is 0 Å². The summed E-state index contributed by atoms with van der Waals surface area (Å²) in [5.74, 6) is -1.27. The third-order valence-electron chi connectivity index (χ3n) is 2.43. The quantitative estimate of drug-likeness (QED) is 0.798. The lowest BCUT2D eigenvalue weighted by molar-refractivity contribution is -0.141. The van der Waals surface area contributed by atoms with Gasteiger partial charge in [-0.2, -0.15) is 0 Å². The van der Waals surface area contributed by atoms with E-state index in [4.69, 9.17) is 9.84 Å². The highest BCUT2D eigenvalue weighted by atomic mass is 16.5. The number of nitrogens with one attached hydrogen (secondary N) is 1. The molecule has 0 radical (unpaired) electrons. The Morgan fingerprint density at radius 1 is 1.28 bits per heavy atom. The van der Waals surface area contributed by atoms with Gasteiger partial charge >= 0.3 is 5.97 Å². The topological polar surface area (TPSA) is 75.6 Å². The highest BCUT2D eigenvalue weighted by Crippen LogP contribution is 2.10. The van der Waals surface area contributed by atoms with E-state index in [0.717, 1.165) is 0 Å². The average Bonchev–Trinajstić information content (AvgIpc) is 2.36. The Labute approximate surface area is 106 Å². The molecule has 0 heterocycles. The molecule has 5 heteroatoms. The van der Waals surface area contributed by atoms with E-state index in [-0.39, 0.29) is 12.5 Å². The van der Waals surface area contributed by atoms with Crippen molar-refractivity contribution in [1.29, 1.82) is 0 Å². The van der Waals surface area contributed by atoms with Crippen molar-refractivity contribution in [2.75, 3.05) is 6.54 Å². The fourth-order valence-corrected chi connectivity index (χ4v) is 1.24. The molecule has 0 aromatic heterocycles. The van der Waals surface area contributed by atoms with Gasteiger partial charge in [0.2, 0.25) is 0 Å². The lowest BCUT2D eigenvalue weighted by atomic mass is 10.2. The molecule has 0 saturated heterocycles. The number of aliphatic carboxylic acids is 1. The van der Waals surface area contributed by atoms with Gasteiger partial charge in [-0.05, 0) is 19.1 Å². The molecule has 0 aliphatic carbocycles. The molecule has 98 valence electrons. The van der Waals surface area contributed by atoms with Crippen molar-refractivity contribution in [1.82, 2.24) is 5.32 Å². The van der Waals surface area contributed by atoms with Crippen LogP contribution in [-0.4, -0.2) is 29.6 Å². The molecule has 0 spiro atoms. The summed E-state index contributed by atoms with van der Waals surface area (Å²) in [6, 6.07) is 8.98. The number of ether oxygens (including phenoxy) is 1. The van der Waals surface area contributed by atoms with Crippen molar-refractivity contribution in [3.05, 3.63) is 30.3 Å². The summed E-state index contributed by atoms with van der Waals surface area (Å²) in [6.45, 7) is 3.25. The van der Waals surface area contributed by atoms with Gasteiger partial charge in [-0.25, -0.2) is 0 Å². The second-order valence-electron chi connectivity index (χ2n) is 4.06. The second kappa shape index (κ2) is 6.64. The number of amides is 1. The molecule has 2 atom stereocenters. The zero-order valence-electron chi connectivity index (χ0n) is 10.4. The number of benzene rings is 1. The van der Waals surface area contributed by atoms with Gasteiger partial charge in [0.05, 0.1) is 5.92 Å². The van der Waals surface area contributed by atoms with Gasteiger partial charge < -0.3 is 15.2 Å². The molecule has 0 aliphatic heterocycles. The Hall–Kier alpha value is -2.04. The second-order valence-corrected chi connectivity index (χ2v) is 4.06. The van der Waals surface area contributed by atoms with Crippen LogP contribution >= 0.6 is 0 Å². The van der Waals surface area contributed by atoms with E-state index in [0.29, 0.717) is 5.75 Å². The fourth-order valence-electron chi connectivity index (χ4n) is 1.24. The standard InChI is InChI=1S/C13H17NO4/c1-9(13(16)17)8-14-12(15)10(2)18-11-6-4-3-5-7-11/h3-7,9-10H,8H2,1-2H3,(H,14,15)(H,16,17). The third-order valence-corrected chi connectivity index (χ3v) is 2.43. The number of carbonyl (C=O) groups is 2. The molecule has 0 bridgehead atoms. The van der Waals surface area contributed by atoms with E-state index in [1.165, 1.54) is 6.92 Å². The van der Waals surface area contributed by atoms with Crippen LogP contribution in [0.15, 0.2) is 30.3 Å². The highest BCUT2D eigenvalue weighted by Gasteiger charge is 2.17. The molecule has 0 aliphatic rings. The molecule has 1 aromatic rings. The van der Waals surface area contributed by atoms with Crippen molar-refractivity contribution >= 4 is 11.9 Å². The maximum Gasteiger partial charge on any atom is 0.308 e. The van der Waals surface area contributed by atoms with Crippen LogP contribution < -0.4 is 10.1 Å². The highest BCUT2D eigenvalue weighted by molar-refractivity contribution is 5.81. The van der Waals surface area contributed by atoms with Crippen LogP contribution in [0.5, 0.6) is 5.75 Å². The van der Waals surface area contributed by atoms with Gasteiger partial charge in [-0.3, -0.25) is 9.59 Å². The number of carboxylic acids is 1. The van der Waals surface area contributed by atoms with Crippen molar-refractivity contribution in [3.63, 3.8) is 0 Å². The smallest absolute Gasteiger partial charge is 0.308 e. The Bertz CT molecular complexity index is 405. The van der Waals surface area contributed by atoms with Crippen LogP contribution in [0.3, 0.4) is 0 Å². The molecule has 18 heavy (non-hydrogen) atoms. The van der Waals surface area contributed by atoms with Crippen LogP contribution in [0, 0.1) is 5.92 Å². The molecule has 0 fully saturated rings. The molecule has 1 amide bonds. The summed E-state index contributed by atoms with van der Waals surface area (Å²) >= 11 is 0. The molecular weight excluding hydrogens is 234 g/mol. The van der Waals surface area contributed by atoms with Gasteiger partial charge in [-0.15, -0.1) is 0 Å². The zero-order chi connectivity index (χ0) is 13.5. The minimum Gasteiger partial charge on any atom is -0.481 e. The van der Waals surface area contributed by atoms with E-state index in [9.17, 15) is 9.59 Å². The largest absolute Gasteiger partial charge is 0.481 e. The maximum absolute atomic E-state index is 11.6. The number of carboxylic acid groups (broad SMARTS) is 1. The number of rotatable bonds is 6. The monoisotopic (exact) mass is 251 g/mol. The predicted octanol–water partition coefficient (Wildman–Crippen LogP) is 1.29. The van der Waals surface area contributed by atoms with E-state index in [1.54, 1.807) is 19.1 Å². The molecule has 1 aromatic carbocycles. The number of para-hydroxylation sites is 1. The van der Waals surface area contributed by atoms with Crippen molar-refractivity contribution < 1.29 is 19.4 Å². The van der Waals surface area contributed by atoms with Crippen LogP contribution in [0.2, 0.25) is 0 Å². The van der Waals surface area contributed by atoms with E-state index in [2.05, 4.69) is 5.32 Å². The Morgan fingerprint density at radius 2 is 1.89 bits per heavy atom. The average molecular weight is 251 g/mol. The minimum atomic E-state index is -0.938. The van der Waals surface area contributed by atoms with Crippen molar-refractivity contribution in [2.24, 2.45) is 5.92 Å². The van der Waals surface area contributed by atoms with Gasteiger partial charge in [0.25, 0.3) is 5.91 Å². The summed E-state index contributed by atoms with van der Waals surface area (Å²) < 4.78 is 5.41. The normalized spacial score (nSPS) is 13.4. The van der Waals surface area contributed by atoms with Crippen LogP contribution in [0.1, 0.15) is 13.8 Å². The first-order valence-electron chi connectivity index (χ1n) is 5.73. The first-order valence-corrected chi connectivity index (χ1v) is 5.73. The van der Waals surface area contributed by atoms with E-state index >= 15 is 0 Å². The summed E-state index contributed by atoms with van der Waals surface area (Å²) in [6.07, 6.45) is -0.659. The number of hydrogen-bond acceptors (Lipinski definition) is 3. The Balaban J connectivity index is 2.40. The van der Waals surface area contributed by atoms with E-state index < -0.39 is 18.0 Å². The maximum atomic E-state index is 11.6. The third kappa shape index (κ3) is 4.45. The molecule has 2 unspecified atom stereocenters. The number of carbonyl (C=O) groups excluding carboxylic acids is 1. The first kappa shape index (κ1) is 14.0. The lowest BCUT2D eigenvalue weighted by Gasteiger charge is -2.15. The molecular formula is C13H17NO4. The van der Waals surface area contributed by atoms with Crippen LogP contribution in [0.4, 0.5) is 0 Å². The SMILES string of the molecule is CC(CNC(=O)C(C)Oc1ccccc1)C(=O)O. The van der Waals surface area contributed by atoms with E-state index in [1.807, 2.05) is 18.2 Å². The molecule has 1 rings (SSSR count). The molecule has 5 nitrogen and oxygen atoms in total. The van der Waals surface area contributed by atoms with Gasteiger partial charge in [0, 0.05) is 6.54 Å². The summed E-state index contributed by atoms with van der Waals surface area (Å²) in [5.41, 5.74) is 0. The summed E-state index contributed by atoms with van der Waals surface area (Å²) in [7, 11) is 0. The fraction of sp³-hybridized carbons (Fsp3) is 0.385. The zero-order valence-corrected chi connectivity index (χ0v) is 10.4. The molecule has 2 N–H and O–H groups in total. The Morgan fingerprint density at radius 3 is 2.44 bits per heavy atom.